The van der Waals surface area contributed by atoms with Crippen molar-refractivity contribution in [2.75, 3.05) is 0 Å². The average Bonchev–Trinajstić information content (AvgIpc) is 2.37. The van der Waals surface area contributed by atoms with Crippen molar-refractivity contribution >= 4 is 0 Å². The summed E-state index contributed by atoms with van der Waals surface area (Å²) in [6, 6.07) is 6.94. The van der Waals surface area contributed by atoms with Crippen molar-refractivity contribution in [3.8, 4) is 0 Å². The van der Waals surface area contributed by atoms with Gasteiger partial charge in [-0.05, 0) is 87.8 Å². The molecule has 0 spiro atoms. The largest absolute Gasteiger partial charge is 0.258 e. The van der Waals surface area contributed by atoms with E-state index >= 15 is 0 Å². The molecule has 1 heteroatoms. The zero-order valence-electron chi connectivity index (χ0n) is 13.6. The van der Waals surface area contributed by atoms with E-state index in [0.29, 0.717) is 0 Å². The summed E-state index contributed by atoms with van der Waals surface area (Å²) in [5, 5.41) is 0. The Balaban J connectivity index is 2.21. The van der Waals surface area contributed by atoms with E-state index in [2.05, 4.69) is 64.7 Å². The van der Waals surface area contributed by atoms with Crippen LogP contribution in [0.1, 0.15) is 44.8 Å². The fourth-order valence-corrected chi connectivity index (χ4v) is 2.69. The predicted octanol–water partition coefficient (Wildman–Crippen LogP) is 4.72. The van der Waals surface area contributed by atoms with Crippen molar-refractivity contribution in [1.82, 2.24) is 4.98 Å². The van der Waals surface area contributed by atoms with Crippen LogP contribution in [-0.2, 0) is 12.8 Å². The molecule has 0 aliphatic heterocycles. The Morgan fingerprint density at radius 2 is 1.15 bits per heavy atom. The smallest absolute Gasteiger partial charge is 0.0408 e. The van der Waals surface area contributed by atoms with Crippen LogP contribution in [-0.4, -0.2) is 4.98 Å². The fourth-order valence-electron chi connectivity index (χ4n) is 2.69. The Morgan fingerprint density at radius 3 is 1.85 bits per heavy atom. The van der Waals surface area contributed by atoms with E-state index in [1.54, 1.807) is 0 Å². The summed E-state index contributed by atoms with van der Waals surface area (Å²) >= 11 is 0. The normalized spacial score (nSPS) is 10.9. The summed E-state index contributed by atoms with van der Waals surface area (Å²) in [6.07, 6.45) is 2.17. The zero-order chi connectivity index (χ0) is 14.9. The molecule has 0 unspecified atom stereocenters. The van der Waals surface area contributed by atoms with Gasteiger partial charge in [-0.15, -0.1) is 0 Å². The minimum absolute atomic E-state index is 1.07. The number of aromatic nitrogens is 1. The third kappa shape index (κ3) is 3.09. The van der Waals surface area contributed by atoms with E-state index in [1.165, 1.54) is 39.1 Å². The van der Waals surface area contributed by atoms with E-state index in [9.17, 15) is 0 Å². The number of nitrogens with zero attached hydrogens (tertiary/aromatic N) is 1. The lowest BCUT2D eigenvalue weighted by atomic mass is 9.95. The van der Waals surface area contributed by atoms with Crippen molar-refractivity contribution in [2.45, 2.75) is 54.4 Å². The number of hydrogen-bond donors (Lipinski definition) is 0. The monoisotopic (exact) mass is 267 g/mol. The summed E-state index contributed by atoms with van der Waals surface area (Å²) in [6.45, 7) is 12.9. The first-order chi connectivity index (χ1) is 9.38. The third-order valence-electron chi connectivity index (χ3n) is 4.38. The van der Waals surface area contributed by atoms with Gasteiger partial charge in [0.15, 0.2) is 0 Å². The lowest BCUT2D eigenvalue weighted by Crippen LogP contribution is -2.01. The molecule has 0 aliphatic carbocycles. The van der Waals surface area contributed by atoms with Crippen molar-refractivity contribution in [1.29, 1.82) is 0 Å². The molecule has 1 aromatic heterocycles. The Kier molecular flexibility index (Phi) is 4.27. The summed E-state index contributed by atoms with van der Waals surface area (Å²) in [4.78, 5) is 4.64. The first-order valence-electron chi connectivity index (χ1n) is 7.39. The highest BCUT2D eigenvalue weighted by Crippen LogP contribution is 2.19. The topological polar surface area (TPSA) is 12.9 Å². The fraction of sp³-hybridized carbons (Fsp3) is 0.421. The number of pyridine rings is 1. The highest BCUT2D eigenvalue weighted by atomic mass is 14.7. The Hall–Kier alpha value is -1.63. The molecule has 2 aromatic rings. The Bertz CT molecular complexity index is 581. The van der Waals surface area contributed by atoms with Gasteiger partial charge in [-0.2, -0.15) is 0 Å². The molecule has 0 saturated heterocycles. The van der Waals surface area contributed by atoms with E-state index in [1.807, 2.05) is 0 Å². The van der Waals surface area contributed by atoms with Crippen LogP contribution in [0.3, 0.4) is 0 Å². The van der Waals surface area contributed by atoms with Gasteiger partial charge < -0.3 is 0 Å². The van der Waals surface area contributed by atoms with Gasteiger partial charge in [-0.3, -0.25) is 4.98 Å². The van der Waals surface area contributed by atoms with Crippen LogP contribution in [0.25, 0.3) is 0 Å². The maximum atomic E-state index is 4.64. The Labute approximate surface area is 123 Å². The van der Waals surface area contributed by atoms with Gasteiger partial charge in [-0.25, -0.2) is 0 Å². The molecule has 0 atom stereocenters. The highest BCUT2D eigenvalue weighted by Gasteiger charge is 2.06. The zero-order valence-corrected chi connectivity index (χ0v) is 13.6. The summed E-state index contributed by atoms with van der Waals surface area (Å²) in [5.74, 6) is 0. The molecule has 0 saturated carbocycles. The van der Waals surface area contributed by atoms with Crippen LogP contribution in [0.15, 0.2) is 18.2 Å². The molecule has 0 amide bonds. The van der Waals surface area contributed by atoms with Gasteiger partial charge in [0, 0.05) is 11.4 Å². The average molecular weight is 267 g/mol. The number of benzene rings is 1. The van der Waals surface area contributed by atoms with Crippen LogP contribution < -0.4 is 0 Å². The van der Waals surface area contributed by atoms with Crippen LogP contribution >= 0.6 is 0 Å². The number of hydrogen-bond acceptors (Lipinski definition) is 1. The molecule has 0 fully saturated rings. The molecule has 1 heterocycles. The van der Waals surface area contributed by atoms with Crippen LogP contribution in [0.5, 0.6) is 0 Å². The second-order valence-corrected chi connectivity index (χ2v) is 6.00. The quantitative estimate of drug-likeness (QED) is 0.784. The minimum atomic E-state index is 1.07. The van der Waals surface area contributed by atoms with Crippen LogP contribution in [0.4, 0.5) is 0 Å². The van der Waals surface area contributed by atoms with E-state index in [4.69, 9.17) is 0 Å². The van der Waals surface area contributed by atoms with Crippen molar-refractivity contribution in [2.24, 2.45) is 0 Å². The van der Waals surface area contributed by atoms with Crippen molar-refractivity contribution in [3.63, 3.8) is 0 Å². The molecule has 0 radical (unpaired) electrons. The molecule has 1 nitrogen and oxygen atoms in total. The van der Waals surface area contributed by atoms with Crippen LogP contribution in [0, 0.1) is 41.5 Å². The highest BCUT2D eigenvalue weighted by molar-refractivity contribution is 5.37. The first-order valence-corrected chi connectivity index (χ1v) is 7.39. The molecule has 0 aliphatic rings. The van der Waals surface area contributed by atoms with Gasteiger partial charge in [0.2, 0.25) is 0 Å². The molecule has 0 bridgehead atoms. The summed E-state index contributed by atoms with van der Waals surface area (Å²) in [7, 11) is 0. The van der Waals surface area contributed by atoms with Gasteiger partial charge in [0.05, 0.1) is 0 Å². The molecule has 2 rings (SSSR count). The second kappa shape index (κ2) is 5.78. The maximum Gasteiger partial charge on any atom is 0.0408 e. The molecule has 20 heavy (non-hydrogen) atoms. The predicted molar refractivity (Wildman–Crippen MR) is 86.5 cm³/mol. The number of rotatable bonds is 3. The lowest BCUT2D eigenvalue weighted by Gasteiger charge is -2.12. The molecular formula is C19H25N. The molecule has 0 N–H and O–H groups in total. The molecule has 106 valence electrons. The SMILES string of the molecule is Cc1cc(C)c(CCc2cc(C)c(C)nc2C)cc1C. The van der Waals surface area contributed by atoms with Crippen molar-refractivity contribution in [3.05, 3.63) is 63.0 Å². The summed E-state index contributed by atoms with van der Waals surface area (Å²) < 4.78 is 0. The Morgan fingerprint density at radius 1 is 0.600 bits per heavy atom. The van der Waals surface area contributed by atoms with Gasteiger partial charge >= 0.3 is 0 Å². The van der Waals surface area contributed by atoms with E-state index in [-0.39, 0.29) is 0 Å². The molecular weight excluding hydrogens is 242 g/mol. The standard InChI is InChI=1S/C19H25N/c1-12-9-15(4)18(10-13(12)2)7-8-19-11-14(3)16(5)20-17(19)6/h9-11H,7-8H2,1-6H3. The maximum absolute atomic E-state index is 4.64. The van der Waals surface area contributed by atoms with Gasteiger partial charge in [-0.1, -0.05) is 18.2 Å². The van der Waals surface area contributed by atoms with Gasteiger partial charge in [0.1, 0.15) is 0 Å². The second-order valence-electron chi connectivity index (χ2n) is 6.00. The van der Waals surface area contributed by atoms with E-state index in [0.717, 1.165) is 18.5 Å². The first kappa shape index (κ1) is 14.8. The summed E-state index contributed by atoms with van der Waals surface area (Å²) in [5.41, 5.74) is 10.6. The third-order valence-corrected chi connectivity index (χ3v) is 4.38. The molecule has 1 aromatic carbocycles. The lowest BCUT2D eigenvalue weighted by molar-refractivity contribution is 0.907. The van der Waals surface area contributed by atoms with E-state index < -0.39 is 0 Å². The van der Waals surface area contributed by atoms with Crippen LogP contribution in [0.2, 0.25) is 0 Å². The van der Waals surface area contributed by atoms with Gasteiger partial charge in [0.25, 0.3) is 0 Å². The number of aryl methyl sites for hydroxylation is 8. The van der Waals surface area contributed by atoms with Crippen molar-refractivity contribution < 1.29 is 0 Å². The minimum Gasteiger partial charge on any atom is -0.258 e.